The molecule has 0 spiro atoms. The zero-order valence-corrected chi connectivity index (χ0v) is 13.5. The monoisotopic (exact) mass is 347 g/mol. The molecular weight excluding hydrogens is 334 g/mol. The highest BCUT2D eigenvalue weighted by Crippen LogP contribution is 2.24. The highest BCUT2D eigenvalue weighted by Gasteiger charge is 2.09. The lowest BCUT2D eigenvalue weighted by molar-refractivity contribution is 0.597. The Kier molecular flexibility index (Phi) is 4.33. The number of nitrogens with zero attached hydrogens (tertiary/aromatic N) is 3. The summed E-state index contributed by atoms with van der Waals surface area (Å²) in [7, 11) is -3.70. The van der Waals surface area contributed by atoms with Gasteiger partial charge in [-0.2, -0.15) is 0 Å². The molecule has 23 heavy (non-hydrogen) atoms. The van der Waals surface area contributed by atoms with Crippen LogP contribution < -0.4 is 10.5 Å². The smallest absolute Gasteiger partial charge is 0.238 e. The Morgan fingerprint density at radius 2 is 2.00 bits per heavy atom. The number of hydrogen-bond donors (Lipinski definition) is 2. The Balaban J connectivity index is 1.71. The molecule has 0 saturated carbocycles. The number of primary sulfonamides is 1. The van der Waals surface area contributed by atoms with Gasteiger partial charge in [-0.25, -0.2) is 13.6 Å². The number of pyridine rings is 1. The molecule has 0 amide bonds. The van der Waals surface area contributed by atoms with Gasteiger partial charge in [-0.3, -0.25) is 4.98 Å². The van der Waals surface area contributed by atoms with Gasteiger partial charge in [0.2, 0.25) is 15.2 Å². The summed E-state index contributed by atoms with van der Waals surface area (Å²) in [6.45, 7) is 0.417. The third-order valence-electron chi connectivity index (χ3n) is 2.98. The van der Waals surface area contributed by atoms with E-state index in [4.69, 9.17) is 5.14 Å². The first kappa shape index (κ1) is 15.5. The fourth-order valence-corrected chi connectivity index (χ4v) is 3.20. The number of aromatic nitrogens is 3. The minimum atomic E-state index is -3.70. The zero-order chi connectivity index (χ0) is 16.3. The minimum Gasteiger partial charge on any atom is -0.356 e. The van der Waals surface area contributed by atoms with Crippen molar-refractivity contribution in [2.75, 3.05) is 5.32 Å². The summed E-state index contributed by atoms with van der Waals surface area (Å²) in [6.07, 6.45) is 1.70. The minimum absolute atomic E-state index is 0.0863. The molecule has 0 fully saturated rings. The predicted molar refractivity (Wildman–Crippen MR) is 88.3 cm³/mol. The quantitative estimate of drug-likeness (QED) is 0.729. The Labute approximate surface area is 137 Å². The topological polar surface area (TPSA) is 111 Å². The van der Waals surface area contributed by atoms with Crippen molar-refractivity contribution in [2.24, 2.45) is 5.14 Å². The van der Waals surface area contributed by atoms with Crippen LogP contribution in [-0.2, 0) is 16.6 Å². The normalized spacial score (nSPS) is 11.3. The summed E-state index contributed by atoms with van der Waals surface area (Å²) in [5, 5.41) is 17.7. The molecule has 0 radical (unpaired) electrons. The molecule has 9 heteroatoms. The zero-order valence-electron chi connectivity index (χ0n) is 11.9. The van der Waals surface area contributed by atoms with E-state index in [9.17, 15) is 8.42 Å². The van der Waals surface area contributed by atoms with Gasteiger partial charge in [-0.15, -0.1) is 10.2 Å². The Morgan fingerprint density at radius 3 is 2.74 bits per heavy atom. The summed E-state index contributed by atoms with van der Waals surface area (Å²) in [5.74, 6) is 0. The number of nitrogens with two attached hydrogens (primary N) is 1. The fourth-order valence-electron chi connectivity index (χ4n) is 1.90. The molecule has 3 N–H and O–H groups in total. The first-order valence-electron chi connectivity index (χ1n) is 6.63. The van der Waals surface area contributed by atoms with Gasteiger partial charge in [0.1, 0.15) is 5.69 Å². The lowest BCUT2D eigenvalue weighted by Crippen LogP contribution is -2.12. The van der Waals surface area contributed by atoms with E-state index < -0.39 is 10.0 Å². The van der Waals surface area contributed by atoms with Gasteiger partial charge < -0.3 is 5.32 Å². The van der Waals surface area contributed by atoms with Gasteiger partial charge in [-0.05, 0) is 29.8 Å². The number of hydrogen-bond acceptors (Lipinski definition) is 7. The summed E-state index contributed by atoms with van der Waals surface area (Å²) in [6, 6.07) is 12.0. The Hall–Kier alpha value is -2.36. The first-order valence-corrected chi connectivity index (χ1v) is 8.99. The fraction of sp³-hybridized carbons (Fsp3) is 0.0714. The summed E-state index contributed by atoms with van der Waals surface area (Å²) < 4.78 is 22.7. The standard InChI is InChI=1S/C14H13N5O2S2/c15-23(20,21)11-5-3-4-10(8-11)9-17-14-19-18-13(22-14)12-6-1-2-7-16-12/h1-8H,9H2,(H,17,19)(H2,15,20,21). The van der Waals surface area contributed by atoms with E-state index in [0.717, 1.165) is 11.3 Å². The van der Waals surface area contributed by atoms with Crippen molar-refractivity contribution in [2.45, 2.75) is 11.4 Å². The van der Waals surface area contributed by atoms with E-state index in [0.29, 0.717) is 16.7 Å². The van der Waals surface area contributed by atoms with E-state index in [1.807, 2.05) is 24.3 Å². The van der Waals surface area contributed by atoms with Crippen molar-refractivity contribution in [3.8, 4) is 10.7 Å². The van der Waals surface area contributed by atoms with Crippen molar-refractivity contribution in [1.29, 1.82) is 0 Å². The molecule has 0 aliphatic rings. The van der Waals surface area contributed by atoms with E-state index in [-0.39, 0.29) is 4.90 Å². The van der Waals surface area contributed by atoms with Crippen molar-refractivity contribution >= 4 is 26.5 Å². The molecule has 0 unspecified atom stereocenters. The van der Waals surface area contributed by atoms with Crippen LogP contribution in [0.5, 0.6) is 0 Å². The van der Waals surface area contributed by atoms with Gasteiger partial charge >= 0.3 is 0 Å². The third kappa shape index (κ3) is 3.89. The molecule has 2 heterocycles. The van der Waals surface area contributed by atoms with Crippen LogP contribution in [-0.4, -0.2) is 23.6 Å². The van der Waals surface area contributed by atoms with Gasteiger partial charge in [0.15, 0.2) is 5.01 Å². The second kappa shape index (κ2) is 6.41. The average molecular weight is 347 g/mol. The second-order valence-corrected chi connectivity index (χ2v) is 7.21. The van der Waals surface area contributed by atoms with E-state index in [2.05, 4.69) is 20.5 Å². The maximum Gasteiger partial charge on any atom is 0.238 e. The van der Waals surface area contributed by atoms with Crippen LogP contribution in [0.4, 0.5) is 5.13 Å². The molecule has 0 saturated heterocycles. The Bertz CT molecular complexity index is 910. The van der Waals surface area contributed by atoms with Crippen LogP contribution in [0.3, 0.4) is 0 Å². The first-order chi connectivity index (χ1) is 11.0. The molecule has 7 nitrogen and oxygen atoms in total. The SMILES string of the molecule is NS(=O)(=O)c1cccc(CNc2nnc(-c3ccccn3)s2)c1. The maximum absolute atomic E-state index is 11.3. The van der Waals surface area contributed by atoms with Crippen molar-refractivity contribution in [3.63, 3.8) is 0 Å². The van der Waals surface area contributed by atoms with Gasteiger partial charge in [0.25, 0.3) is 0 Å². The lowest BCUT2D eigenvalue weighted by atomic mass is 10.2. The molecule has 0 aliphatic carbocycles. The van der Waals surface area contributed by atoms with Crippen LogP contribution in [0.15, 0.2) is 53.6 Å². The molecule has 118 valence electrons. The number of anilines is 1. The molecule has 3 rings (SSSR count). The summed E-state index contributed by atoms with van der Waals surface area (Å²) in [5.41, 5.74) is 1.54. The summed E-state index contributed by atoms with van der Waals surface area (Å²) >= 11 is 1.38. The highest BCUT2D eigenvalue weighted by molar-refractivity contribution is 7.89. The van der Waals surface area contributed by atoms with Crippen molar-refractivity contribution in [3.05, 3.63) is 54.2 Å². The Morgan fingerprint density at radius 1 is 1.13 bits per heavy atom. The van der Waals surface area contributed by atoms with Crippen molar-refractivity contribution < 1.29 is 8.42 Å². The molecule has 2 aromatic heterocycles. The van der Waals surface area contributed by atoms with E-state index in [1.165, 1.54) is 23.5 Å². The lowest BCUT2D eigenvalue weighted by Gasteiger charge is -2.04. The van der Waals surface area contributed by atoms with Gasteiger partial charge in [-0.1, -0.05) is 29.5 Å². The second-order valence-electron chi connectivity index (χ2n) is 4.67. The number of benzene rings is 1. The summed E-state index contributed by atoms with van der Waals surface area (Å²) in [4.78, 5) is 4.31. The number of nitrogens with one attached hydrogen (secondary N) is 1. The van der Waals surface area contributed by atoms with Crippen LogP contribution in [0.1, 0.15) is 5.56 Å². The molecule has 3 aromatic rings. The van der Waals surface area contributed by atoms with E-state index in [1.54, 1.807) is 12.3 Å². The molecule has 0 atom stereocenters. The van der Waals surface area contributed by atoms with Crippen LogP contribution in [0, 0.1) is 0 Å². The van der Waals surface area contributed by atoms with Crippen LogP contribution in [0.25, 0.3) is 10.7 Å². The van der Waals surface area contributed by atoms with E-state index >= 15 is 0 Å². The van der Waals surface area contributed by atoms with Crippen molar-refractivity contribution in [1.82, 2.24) is 15.2 Å². The molecule has 0 aliphatic heterocycles. The largest absolute Gasteiger partial charge is 0.356 e. The molecule has 1 aromatic carbocycles. The van der Waals surface area contributed by atoms with Crippen LogP contribution >= 0.6 is 11.3 Å². The van der Waals surface area contributed by atoms with Gasteiger partial charge in [0, 0.05) is 12.7 Å². The maximum atomic E-state index is 11.3. The molecule has 0 bridgehead atoms. The molecular formula is C14H13N5O2S2. The highest BCUT2D eigenvalue weighted by atomic mass is 32.2. The predicted octanol–water partition coefficient (Wildman–Crippen LogP) is 1.86. The average Bonchev–Trinajstić information content (AvgIpc) is 3.02. The number of sulfonamides is 1. The van der Waals surface area contributed by atoms with Crippen LogP contribution in [0.2, 0.25) is 0 Å². The number of rotatable bonds is 5. The van der Waals surface area contributed by atoms with Gasteiger partial charge in [0.05, 0.1) is 4.90 Å². The third-order valence-corrected chi connectivity index (χ3v) is 4.79.